The lowest BCUT2D eigenvalue weighted by molar-refractivity contribution is 0.0593. The number of benzene rings is 1. The van der Waals surface area contributed by atoms with Crippen molar-refractivity contribution >= 4 is 5.97 Å². The molecule has 0 saturated heterocycles. The predicted molar refractivity (Wildman–Crippen MR) is 78.7 cm³/mol. The average Bonchev–Trinajstić information content (AvgIpc) is 2.47. The highest BCUT2D eigenvalue weighted by Gasteiger charge is 2.09. The molecule has 1 aromatic heterocycles. The van der Waals surface area contributed by atoms with Crippen molar-refractivity contribution in [3.63, 3.8) is 0 Å². The number of methoxy groups -OCH3 is 1. The topological polar surface area (TPSA) is 61.3 Å². The molecular formula is C16H18N2O3. The van der Waals surface area contributed by atoms with Crippen LogP contribution in [0.25, 0.3) is 0 Å². The highest BCUT2D eigenvalue weighted by atomic mass is 16.5. The largest absolute Gasteiger partial charge is 0.464 e. The number of nitrogens with zero attached hydrogens (tertiary/aromatic N) is 2. The highest BCUT2D eigenvalue weighted by Crippen LogP contribution is 2.26. The molecule has 0 atom stereocenters. The number of carbonyl (C=O) groups is 1. The Morgan fingerprint density at radius 2 is 1.95 bits per heavy atom. The minimum absolute atomic E-state index is 0.149. The van der Waals surface area contributed by atoms with Crippen LogP contribution in [0.5, 0.6) is 11.6 Å². The van der Waals surface area contributed by atoms with Gasteiger partial charge in [-0.15, -0.1) is 0 Å². The number of aromatic nitrogens is 2. The van der Waals surface area contributed by atoms with Crippen molar-refractivity contribution in [2.24, 2.45) is 0 Å². The first-order valence-electron chi connectivity index (χ1n) is 6.70. The third kappa shape index (κ3) is 3.56. The molecule has 0 N–H and O–H groups in total. The van der Waals surface area contributed by atoms with Crippen LogP contribution >= 0.6 is 0 Å². The molecule has 110 valence electrons. The molecule has 0 amide bonds. The Hall–Kier alpha value is -2.43. The molecule has 1 aromatic carbocycles. The molecule has 5 nitrogen and oxygen atoms in total. The maximum absolute atomic E-state index is 11.3. The Morgan fingerprint density at radius 1 is 1.19 bits per heavy atom. The van der Waals surface area contributed by atoms with E-state index in [1.165, 1.54) is 30.6 Å². The van der Waals surface area contributed by atoms with Gasteiger partial charge in [0.15, 0.2) is 5.69 Å². The summed E-state index contributed by atoms with van der Waals surface area (Å²) in [5, 5.41) is 0. The Morgan fingerprint density at radius 3 is 2.48 bits per heavy atom. The minimum atomic E-state index is -0.522. The van der Waals surface area contributed by atoms with Crippen LogP contribution in [0.15, 0.2) is 30.6 Å². The Kier molecular flexibility index (Phi) is 4.52. The molecule has 0 spiro atoms. The van der Waals surface area contributed by atoms with E-state index in [-0.39, 0.29) is 5.69 Å². The molecule has 0 unspecified atom stereocenters. The third-order valence-electron chi connectivity index (χ3n) is 3.11. The molecule has 0 aliphatic heterocycles. The summed E-state index contributed by atoms with van der Waals surface area (Å²) < 4.78 is 10.2. The summed E-state index contributed by atoms with van der Waals surface area (Å²) >= 11 is 0. The van der Waals surface area contributed by atoms with Crippen molar-refractivity contribution in [3.05, 3.63) is 47.4 Å². The number of hydrogen-bond donors (Lipinski definition) is 0. The summed E-state index contributed by atoms with van der Waals surface area (Å²) in [5.41, 5.74) is 2.60. The van der Waals surface area contributed by atoms with Gasteiger partial charge in [-0.2, -0.15) is 0 Å². The van der Waals surface area contributed by atoms with Gasteiger partial charge in [-0.25, -0.2) is 14.8 Å². The van der Waals surface area contributed by atoms with Crippen LogP contribution in [-0.4, -0.2) is 23.0 Å². The van der Waals surface area contributed by atoms with Gasteiger partial charge in [-0.05, 0) is 36.1 Å². The van der Waals surface area contributed by atoms with E-state index in [1.54, 1.807) is 0 Å². The minimum Gasteiger partial charge on any atom is -0.464 e. The molecule has 21 heavy (non-hydrogen) atoms. The molecular weight excluding hydrogens is 268 g/mol. The second-order valence-corrected chi connectivity index (χ2v) is 5.01. The van der Waals surface area contributed by atoms with E-state index >= 15 is 0 Å². The van der Waals surface area contributed by atoms with Crippen molar-refractivity contribution in [1.29, 1.82) is 0 Å². The summed E-state index contributed by atoms with van der Waals surface area (Å²) in [4.78, 5) is 19.3. The van der Waals surface area contributed by atoms with Crippen LogP contribution in [0.4, 0.5) is 0 Å². The fourth-order valence-corrected chi connectivity index (χ4v) is 2.06. The number of esters is 1. The van der Waals surface area contributed by atoms with Gasteiger partial charge in [0.25, 0.3) is 0 Å². The van der Waals surface area contributed by atoms with Crippen molar-refractivity contribution < 1.29 is 14.3 Å². The monoisotopic (exact) mass is 286 g/mol. The van der Waals surface area contributed by atoms with Crippen LogP contribution in [0, 0.1) is 6.92 Å². The zero-order valence-corrected chi connectivity index (χ0v) is 12.6. The number of hydrogen-bond acceptors (Lipinski definition) is 5. The number of carbonyl (C=O) groups excluding carboxylic acids is 1. The lowest BCUT2D eigenvalue weighted by atomic mass is 9.98. The summed E-state index contributed by atoms with van der Waals surface area (Å²) in [6.07, 6.45) is 2.73. The van der Waals surface area contributed by atoms with Crippen LogP contribution in [0.2, 0.25) is 0 Å². The van der Waals surface area contributed by atoms with Gasteiger partial charge in [0.05, 0.1) is 19.5 Å². The summed E-state index contributed by atoms with van der Waals surface area (Å²) in [5.74, 6) is 0.973. The molecule has 5 heteroatoms. The highest BCUT2D eigenvalue weighted by molar-refractivity contribution is 5.86. The lowest BCUT2D eigenvalue weighted by Gasteiger charge is -2.11. The Labute approximate surface area is 124 Å². The molecule has 0 saturated carbocycles. The van der Waals surface area contributed by atoms with Crippen LogP contribution in [0.3, 0.4) is 0 Å². The predicted octanol–water partition coefficient (Wildman–Crippen LogP) is 3.49. The van der Waals surface area contributed by atoms with E-state index in [1.807, 2.05) is 25.1 Å². The van der Waals surface area contributed by atoms with Crippen molar-refractivity contribution in [2.45, 2.75) is 26.7 Å². The van der Waals surface area contributed by atoms with Gasteiger partial charge >= 0.3 is 5.97 Å². The Bertz CT molecular complexity index is 636. The van der Waals surface area contributed by atoms with E-state index in [0.29, 0.717) is 17.5 Å². The van der Waals surface area contributed by atoms with Gasteiger partial charge in [0, 0.05) is 0 Å². The average molecular weight is 286 g/mol. The fourth-order valence-electron chi connectivity index (χ4n) is 2.06. The van der Waals surface area contributed by atoms with Gasteiger partial charge < -0.3 is 9.47 Å². The van der Waals surface area contributed by atoms with Gasteiger partial charge in [0.2, 0.25) is 5.88 Å². The van der Waals surface area contributed by atoms with Gasteiger partial charge in [0.1, 0.15) is 5.75 Å². The lowest BCUT2D eigenvalue weighted by Crippen LogP contribution is -2.04. The first kappa shape index (κ1) is 15.0. The quantitative estimate of drug-likeness (QED) is 0.805. The smallest absolute Gasteiger partial charge is 0.358 e. The summed E-state index contributed by atoms with van der Waals surface area (Å²) in [6, 6.07) is 5.91. The zero-order chi connectivity index (χ0) is 15.4. The number of aryl methyl sites for hydroxylation is 1. The van der Waals surface area contributed by atoms with E-state index < -0.39 is 5.97 Å². The van der Waals surface area contributed by atoms with Crippen molar-refractivity contribution in [2.75, 3.05) is 7.11 Å². The SMILES string of the molecule is COC(=O)c1cnc(Oc2ccc(C(C)C)c(C)c2)cn1. The molecule has 0 radical (unpaired) electrons. The standard InChI is InChI=1S/C16H18N2O3/c1-10(2)13-6-5-12(7-11(13)3)21-15-9-17-14(8-18-15)16(19)20-4/h5-10H,1-4H3. The molecule has 2 rings (SSSR count). The Balaban J connectivity index is 2.15. The fraction of sp³-hybridized carbons (Fsp3) is 0.312. The molecule has 0 aliphatic carbocycles. The van der Waals surface area contributed by atoms with Crippen LogP contribution in [-0.2, 0) is 4.74 Å². The molecule has 0 bridgehead atoms. The van der Waals surface area contributed by atoms with Crippen molar-refractivity contribution in [3.8, 4) is 11.6 Å². The first-order valence-corrected chi connectivity index (χ1v) is 6.70. The van der Waals surface area contributed by atoms with E-state index in [4.69, 9.17) is 4.74 Å². The van der Waals surface area contributed by atoms with Gasteiger partial charge in [-0.1, -0.05) is 19.9 Å². The van der Waals surface area contributed by atoms with E-state index in [0.717, 1.165) is 0 Å². The second-order valence-electron chi connectivity index (χ2n) is 5.01. The maximum atomic E-state index is 11.3. The number of rotatable bonds is 4. The van der Waals surface area contributed by atoms with Crippen molar-refractivity contribution in [1.82, 2.24) is 9.97 Å². The van der Waals surface area contributed by atoms with Crippen LogP contribution < -0.4 is 4.74 Å². The van der Waals surface area contributed by atoms with Crippen LogP contribution in [0.1, 0.15) is 41.4 Å². The van der Waals surface area contributed by atoms with E-state index in [2.05, 4.69) is 28.6 Å². The zero-order valence-electron chi connectivity index (χ0n) is 12.6. The molecule has 2 aromatic rings. The second kappa shape index (κ2) is 6.35. The normalized spacial score (nSPS) is 10.5. The van der Waals surface area contributed by atoms with E-state index in [9.17, 15) is 4.79 Å². The molecule has 0 fully saturated rings. The van der Waals surface area contributed by atoms with Gasteiger partial charge in [-0.3, -0.25) is 0 Å². The molecule has 1 heterocycles. The maximum Gasteiger partial charge on any atom is 0.358 e. The molecule has 0 aliphatic rings. The number of ether oxygens (including phenoxy) is 2. The summed E-state index contributed by atoms with van der Waals surface area (Å²) in [6.45, 7) is 6.36. The summed E-state index contributed by atoms with van der Waals surface area (Å²) in [7, 11) is 1.30. The first-order chi connectivity index (χ1) is 10.0. The third-order valence-corrected chi connectivity index (χ3v) is 3.11.